The van der Waals surface area contributed by atoms with Crippen molar-refractivity contribution in [2.75, 3.05) is 39.6 Å². The Hall–Kier alpha value is -2.98. The Morgan fingerprint density at radius 2 is 0.490 bits per heavy atom. The number of unbranched alkanes of at least 4 members (excludes halogenated alkanes) is 44. The molecule has 0 spiro atoms. The van der Waals surface area contributed by atoms with E-state index < -0.39 is 97.5 Å². The van der Waals surface area contributed by atoms with Crippen LogP contribution in [0.4, 0.5) is 0 Å². The van der Waals surface area contributed by atoms with E-state index in [1.54, 1.807) is 0 Å². The molecule has 0 heterocycles. The van der Waals surface area contributed by atoms with E-state index in [4.69, 9.17) is 37.0 Å². The average Bonchev–Trinajstić information content (AvgIpc) is 1.01. The second kappa shape index (κ2) is 74.3. The van der Waals surface area contributed by atoms with E-state index in [2.05, 4.69) is 76.3 Å². The number of allylic oxidation sites excluding steroid dienone is 8. The molecular formula is C81H150O17P2. The molecular weight excluding hydrogens is 1310 g/mol. The zero-order valence-electron chi connectivity index (χ0n) is 64.1. The highest BCUT2D eigenvalue weighted by atomic mass is 31.2. The van der Waals surface area contributed by atoms with Gasteiger partial charge >= 0.3 is 39.5 Å². The first-order chi connectivity index (χ1) is 48.7. The Labute approximate surface area is 610 Å². The molecule has 0 aliphatic heterocycles. The predicted octanol–water partition coefficient (Wildman–Crippen LogP) is 23.7. The van der Waals surface area contributed by atoms with Crippen LogP contribution in [0.25, 0.3) is 0 Å². The van der Waals surface area contributed by atoms with Crippen molar-refractivity contribution in [1.82, 2.24) is 0 Å². The quantitative estimate of drug-likeness (QED) is 0.0169. The smallest absolute Gasteiger partial charge is 0.462 e. The van der Waals surface area contributed by atoms with Crippen molar-refractivity contribution in [1.29, 1.82) is 0 Å². The molecule has 17 nitrogen and oxygen atoms in total. The van der Waals surface area contributed by atoms with Crippen LogP contribution in [0.3, 0.4) is 0 Å². The Morgan fingerprint density at radius 3 is 0.760 bits per heavy atom. The van der Waals surface area contributed by atoms with Crippen LogP contribution in [0.15, 0.2) is 48.6 Å². The van der Waals surface area contributed by atoms with Gasteiger partial charge in [-0.3, -0.25) is 37.3 Å². The van der Waals surface area contributed by atoms with Gasteiger partial charge in [0.2, 0.25) is 0 Å². The standard InChI is InChI=1S/C81H150O17P2/c1-5-9-13-17-21-25-29-33-37-41-45-49-53-57-61-65-78(83)91-71-76(97-80(85)67-63-59-55-51-47-43-39-35-31-27-23-19-15-11-7-3)73-95-99(87,88)93-69-75(82)70-94-100(89,90)96-74-77(98-81(86)68-64-60-56-52-48-44-40-36-32-28-24-20-16-12-8-4)72-92-79(84)66-62-58-54-50-46-42-38-34-30-26-22-18-14-10-6-2/h21-22,25-26,33-34,37-38,75-77,82H,5-20,23-24,27-32,35-36,39-74H2,1-4H3,(H,87,88)(H,89,90)/b25-21-,26-22-,37-33-,38-34-. The Balaban J connectivity index is 5.33. The fourth-order valence-corrected chi connectivity index (χ4v) is 13.1. The van der Waals surface area contributed by atoms with Gasteiger partial charge in [0.15, 0.2) is 12.2 Å². The van der Waals surface area contributed by atoms with Gasteiger partial charge < -0.3 is 33.8 Å². The first-order valence-corrected chi connectivity index (χ1v) is 43.9. The zero-order chi connectivity index (χ0) is 73.2. The van der Waals surface area contributed by atoms with E-state index in [1.807, 2.05) is 0 Å². The molecule has 4 atom stereocenters. The molecule has 0 aromatic rings. The molecule has 0 bridgehead atoms. The van der Waals surface area contributed by atoms with Crippen LogP contribution in [-0.4, -0.2) is 96.7 Å². The largest absolute Gasteiger partial charge is 0.472 e. The number of rotatable bonds is 78. The molecule has 0 amide bonds. The molecule has 100 heavy (non-hydrogen) atoms. The second-order valence-electron chi connectivity index (χ2n) is 27.7. The molecule has 0 aliphatic rings. The molecule has 0 saturated heterocycles. The van der Waals surface area contributed by atoms with Gasteiger partial charge in [-0.1, -0.05) is 320 Å². The SMILES string of the molecule is CCCCC/C=C\C/C=C\CCCCCCCC(=O)OCC(COP(=O)(O)OCC(O)COP(=O)(O)OCC(COC(=O)CCCCCCC/C=C\C/C=C\CCCCC)OC(=O)CCCCCCCCCCCCCCCCC)OC(=O)CCCCCCCCCCCCCCCCC. The summed E-state index contributed by atoms with van der Waals surface area (Å²) in [4.78, 5) is 73.0. The van der Waals surface area contributed by atoms with Crippen LogP contribution < -0.4 is 0 Å². The fraction of sp³-hybridized carbons (Fsp3) is 0.852. The Morgan fingerprint density at radius 1 is 0.280 bits per heavy atom. The normalized spacial score (nSPS) is 14.1. The van der Waals surface area contributed by atoms with Crippen molar-refractivity contribution >= 4 is 39.5 Å². The number of ether oxygens (including phenoxy) is 4. The molecule has 0 fully saturated rings. The second-order valence-corrected chi connectivity index (χ2v) is 30.6. The summed E-state index contributed by atoms with van der Waals surface area (Å²) < 4.78 is 68.7. The van der Waals surface area contributed by atoms with Crippen molar-refractivity contribution in [3.05, 3.63) is 48.6 Å². The third kappa shape index (κ3) is 73.3. The summed E-state index contributed by atoms with van der Waals surface area (Å²) >= 11 is 0. The van der Waals surface area contributed by atoms with E-state index in [0.29, 0.717) is 25.7 Å². The fourth-order valence-electron chi connectivity index (χ4n) is 11.5. The Kier molecular flexibility index (Phi) is 72.1. The minimum absolute atomic E-state index is 0.0998. The molecule has 4 unspecified atom stereocenters. The number of carbonyl (C=O) groups is 4. The molecule has 0 aromatic heterocycles. The lowest BCUT2D eigenvalue weighted by Gasteiger charge is -2.21. The van der Waals surface area contributed by atoms with Gasteiger partial charge in [-0.2, -0.15) is 0 Å². The van der Waals surface area contributed by atoms with Gasteiger partial charge in [-0.15, -0.1) is 0 Å². The van der Waals surface area contributed by atoms with Crippen LogP contribution in [0.2, 0.25) is 0 Å². The number of esters is 4. The van der Waals surface area contributed by atoms with Gasteiger partial charge in [-0.25, -0.2) is 9.13 Å². The minimum Gasteiger partial charge on any atom is -0.462 e. The zero-order valence-corrected chi connectivity index (χ0v) is 65.9. The van der Waals surface area contributed by atoms with E-state index in [1.165, 1.54) is 167 Å². The van der Waals surface area contributed by atoms with Crippen LogP contribution in [0.5, 0.6) is 0 Å². The number of aliphatic hydroxyl groups excluding tert-OH is 1. The lowest BCUT2D eigenvalue weighted by atomic mass is 10.0. The number of hydrogen-bond acceptors (Lipinski definition) is 15. The summed E-state index contributed by atoms with van der Waals surface area (Å²) in [6.07, 6.45) is 72.2. The molecule has 0 aromatic carbocycles. The Bertz CT molecular complexity index is 1940. The lowest BCUT2D eigenvalue weighted by molar-refractivity contribution is -0.161. The average molecular weight is 1460 g/mol. The molecule has 3 N–H and O–H groups in total. The first kappa shape index (κ1) is 97.0. The molecule has 0 aliphatic carbocycles. The van der Waals surface area contributed by atoms with Crippen molar-refractivity contribution in [3.8, 4) is 0 Å². The van der Waals surface area contributed by atoms with E-state index in [0.717, 1.165) is 141 Å². The minimum atomic E-state index is -4.97. The topological polar surface area (TPSA) is 237 Å². The van der Waals surface area contributed by atoms with Gasteiger partial charge in [0, 0.05) is 25.7 Å². The maximum atomic E-state index is 13.1. The lowest BCUT2D eigenvalue weighted by Crippen LogP contribution is -2.30. The molecule has 0 saturated carbocycles. The number of aliphatic hydroxyl groups is 1. The molecule has 19 heteroatoms. The molecule has 586 valence electrons. The van der Waals surface area contributed by atoms with Crippen molar-refractivity contribution in [3.63, 3.8) is 0 Å². The van der Waals surface area contributed by atoms with Gasteiger partial charge in [0.25, 0.3) is 0 Å². The van der Waals surface area contributed by atoms with E-state index >= 15 is 0 Å². The van der Waals surface area contributed by atoms with Crippen LogP contribution in [-0.2, 0) is 65.4 Å². The summed E-state index contributed by atoms with van der Waals surface area (Å²) in [5.74, 6) is -2.16. The first-order valence-electron chi connectivity index (χ1n) is 40.9. The van der Waals surface area contributed by atoms with E-state index in [9.17, 15) is 43.2 Å². The summed E-state index contributed by atoms with van der Waals surface area (Å²) in [5.41, 5.74) is 0. The van der Waals surface area contributed by atoms with Crippen LogP contribution in [0.1, 0.15) is 387 Å². The van der Waals surface area contributed by atoms with Crippen LogP contribution in [0, 0.1) is 0 Å². The molecule has 0 rings (SSSR count). The van der Waals surface area contributed by atoms with Crippen LogP contribution >= 0.6 is 15.6 Å². The summed E-state index contributed by atoms with van der Waals surface area (Å²) in [7, 11) is -9.94. The van der Waals surface area contributed by atoms with E-state index in [-0.39, 0.29) is 25.7 Å². The van der Waals surface area contributed by atoms with Gasteiger partial charge in [-0.05, 0) is 89.9 Å². The highest BCUT2D eigenvalue weighted by Crippen LogP contribution is 2.45. The predicted molar refractivity (Wildman–Crippen MR) is 409 cm³/mol. The van der Waals surface area contributed by atoms with Crippen molar-refractivity contribution in [2.24, 2.45) is 0 Å². The summed E-state index contributed by atoms with van der Waals surface area (Å²) in [6.45, 7) is 4.89. The maximum absolute atomic E-state index is 13.1. The highest BCUT2D eigenvalue weighted by Gasteiger charge is 2.30. The summed E-state index contributed by atoms with van der Waals surface area (Å²) in [5, 5.41) is 10.6. The maximum Gasteiger partial charge on any atom is 0.472 e. The van der Waals surface area contributed by atoms with Gasteiger partial charge in [0.05, 0.1) is 26.4 Å². The number of hydrogen-bond donors (Lipinski definition) is 3. The third-order valence-corrected chi connectivity index (χ3v) is 19.7. The third-order valence-electron chi connectivity index (χ3n) is 17.8. The van der Waals surface area contributed by atoms with Gasteiger partial charge in [0.1, 0.15) is 19.3 Å². The number of phosphoric acid groups is 2. The molecule has 0 radical (unpaired) electrons. The van der Waals surface area contributed by atoms with Crippen molar-refractivity contribution in [2.45, 2.75) is 406 Å². The monoisotopic (exact) mass is 1460 g/mol. The number of phosphoric ester groups is 2. The number of carbonyl (C=O) groups excluding carboxylic acids is 4. The summed E-state index contributed by atoms with van der Waals surface area (Å²) in [6, 6.07) is 0. The highest BCUT2D eigenvalue weighted by molar-refractivity contribution is 7.47. The van der Waals surface area contributed by atoms with Crippen molar-refractivity contribution < 1.29 is 80.2 Å².